The van der Waals surface area contributed by atoms with E-state index in [2.05, 4.69) is 5.32 Å². The molecule has 2 amide bonds. The highest BCUT2D eigenvalue weighted by atomic mass is 32.1. The molecule has 0 bridgehead atoms. The Hall–Kier alpha value is -1.52. The minimum absolute atomic E-state index is 0.00963. The van der Waals surface area contributed by atoms with Crippen molar-refractivity contribution in [1.29, 1.82) is 0 Å². The van der Waals surface area contributed by atoms with Gasteiger partial charge in [0.2, 0.25) is 5.91 Å². The van der Waals surface area contributed by atoms with E-state index >= 15 is 0 Å². The van der Waals surface area contributed by atoms with Crippen LogP contribution in [0, 0.1) is 0 Å². The zero-order valence-corrected chi connectivity index (χ0v) is 15.4. The SMILES string of the molecule is NCC(=O)N1CCC2(CC1)OCCc1cc(C(=O)NCC(O)CO)sc12. The number of aliphatic hydroxyl groups excluding tert-OH is 2. The number of aliphatic hydroxyl groups is 2. The highest BCUT2D eigenvalue weighted by Gasteiger charge is 2.43. The summed E-state index contributed by atoms with van der Waals surface area (Å²) in [4.78, 5) is 27.5. The Morgan fingerprint density at radius 2 is 2.15 bits per heavy atom. The largest absolute Gasteiger partial charge is 0.394 e. The van der Waals surface area contributed by atoms with Gasteiger partial charge >= 0.3 is 0 Å². The van der Waals surface area contributed by atoms with E-state index in [1.165, 1.54) is 11.3 Å². The van der Waals surface area contributed by atoms with E-state index in [0.29, 0.717) is 37.4 Å². The first-order valence-corrected chi connectivity index (χ1v) is 9.63. The monoisotopic (exact) mass is 383 g/mol. The van der Waals surface area contributed by atoms with Gasteiger partial charge in [0.15, 0.2) is 0 Å². The van der Waals surface area contributed by atoms with Crippen molar-refractivity contribution < 1.29 is 24.5 Å². The molecule has 2 aliphatic heterocycles. The Morgan fingerprint density at radius 1 is 1.42 bits per heavy atom. The van der Waals surface area contributed by atoms with E-state index in [0.717, 1.165) is 16.9 Å². The number of hydrogen-bond acceptors (Lipinski definition) is 7. The van der Waals surface area contributed by atoms with E-state index < -0.39 is 18.3 Å². The number of hydrogen-bond donors (Lipinski definition) is 4. The first-order chi connectivity index (χ1) is 12.5. The summed E-state index contributed by atoms with van der Waals surface area (Å²) in [5.41, 5.74) is 6.13. The van der Waals surface area contributed by atoms with Crippen molar-refractivity contribution >= 4 is 23.2 Å². The van der Waals surface area contributed by atoms with Gasteiger partial charge in [0.25, 0.3) is 5.91 Å². The molecule has 144 valence electrons. The predicted molar refractivity (Wildman–Crippen MR) is 95.9 cm³/mol. The molecule has 1 fully saturated rings. The maximum Gasteiger partial charge on any atom is 0.261 e. The zero-order chi connectivity index (χ0) is 18.7. The van der Waals surface area contributed by atoms with Crippen molar-refractivity contribution in [3.05, 3.63) is 21.4 Å². The molecule has 8 nitrogen and oxygen atoms in total. The van der Waals surface area contributed by atoms with Crippen LogP contribution in [-0.4, -0.2) is 72.4 Å². The number of carbonyl (C=O) groups excluding carboxylic acids is 2. The van der Waals surface area contributed by atoms with E-state index in [9.17, 15) is 14.7 Å². The molecule has 0 radical (unpaired) electrons. The molecular weight excluding hydrogens is 358 g/mol. The molecule has 5 N–H and O–H groups in total. The summed E-state index contributed by atoms with van der Waals surface area (Å²) in [6.07, 6.45) is 1.17. The van der Waals surface area contributed by atoms with Crippen molar-refractivity contribution in [2.24, 2.45) is 5.73 Å². The minimum Gasteiger partial charge on any atom is -0.394 e. The van der Waals surface area contributed by atoms with E-state index in [1.54, 1.807) is 4.90 Å². The fourth-order valence-electron chi connectivity index (χ4n) is 3.51. The number of nitrogens with two attached hydrogens (primary N) is 1. The minimum atomic E-state index is -0.965. The van der Waals surface area contributed by atoms with Crippen LogP contribution in [0.3, 0.4) is 0 Å². The van der Waals surface area contributed by atoms with Crippen molar-refractivity contribution in [1.82, 2.24) is 10.2 Å². The normalized spacial score (nSPS) is 19.9. The van der Waals surface area contributed by atoms with Gasteiger partial charge in [-0.2, -0.15) is 0 Å². The average Bonchev–Trinajstić information content (AvgIpc) is 3.12. The van der Waals surface area contributed by atoms with Crippen molar-refractivity contribution in [2.75, 3.05) is 39.4 Å². The summed E-state index contributed by atoms with van der Waals surface area (Å²) in [6, 6.07) is 1.89. The van der Waals surface area contributed by atoms with E-state index in [1.807, 2.05) is 6.07 Å². The van der Waals surface area contributed by atoms with Crippen LogP contribution in [0.5, 0.6) is 0 Å². The van der Waals surface area contributed by atoms with Crippen molar-refractivity contribution in [3.63, 3.8) is 0 Å². The highest BCUT2D eigenvalue weighted by Crippen LogP contribution is 2.45. The van der Waals surface area contributed by atoms with E-state index in [4.69, 9.17) is 15.6 Å². The molecule has 1 spiro atoms. The summed E-state index contributed by atoms with van der Waals surface area (Å²) < 4.78 is 6.14. The number of likely N-dealkylation sites (tertiary alicyclic amines) is 1. The predicted octanol–water partition coefficient (Wildman–Crippen LogP) is -0.820. The van der Waals surface area contributed by atoms with Gasteiger partial charge in [-0.1, -0.05) is 0 Å². The summed E-state index contributed by atoms with van der Waals surface area (Å²) in [7, 11) is 0. The molecule has 0 aromatic carbocycles. The summed E-state index contributed by atoms with van der Waals surface area (Å²) in [6.45, 7) is 1.42. The molecule has 2 aliphatic rings. The highest BCUT2D eigenvalue weighted by molar-refractivity contribution is 7.14. The van der Waals surface area contributed by atoms with Crippen LogP contribution in [-0.2, 0) is 21.6 Å². The van der Waals surface area contributed by atoms with Crippen LogP contribution in [0.4, 0.5) is 0 Å². The number of ether oxygens (including phenoxy) is 1. The van der Waals surface area contributed by atoms with Gasteiger partial charge in [-0.3, -0.25) is 9.59 Å². The number of nitrogens with one attached hydrogen (secondary N) is 1. The first-order valence-electron chi connectivity index (χ1n) is 8.81. The average molecular weight is 383 g/mol. The van der Waals surface area contributed by atoms with Crippen LogP contribution in [0.1, 0.15) is 33.0 Å². The summed E-state index contributed by atoms with van der Waals surface area (Å²) >= 11 is 1.41. The Kier molecular flexibility index (Phi) is 5.93. The van der Waals surface area contributed by atoms with Crippen LogP contribution < -0.4 is 11.1 Å². The molecule has 1 saturated heterocycles. The third-order valence-corrected chi connectivity index (χ3v) is 6.37. The lowest BCUT2D eigenvalue weighted by molar-refractivity contribution is -0.138. The number of thiophene rings is 1. The number of rotatable bonds is 5. The van der Waals surface area contributed by atoms with Crippen molar-refractivity contribution in [3.8, 4) is 0 Å². The first kappa shape index (κ1) is 19.2. The molecule has 0 aliphatic carbocycles. The molecule has 1 aromatic heterocycles. The number of nitrogens with zero attached hydrogens (tertiary/aromatic N) is 1. The third kappa shape index (κ3) is 3.77. The fourth-order valence-corrected chi connectivity index (χ4v) is 4.84. The lowest BCUT2D eigenvalue weighted by atomic mass is 9.85. The fraction of sp³-hybridized carbons (Fsp3) is 0.647. The molecule has 0 saturated carbocycles. The quantitative estimate of drug-likeness (QED) is 0.527. The maximum absolute atomic E-state index is 12.3. The Morgan fingerprint density at radius 3 is 2.81 bits per heavy atom. The van der Waals surface area contributed by atoms with Crippen LogP contribution >= 0.6 is 11.3 Å². The van der Waals surface area contributed by atoms with Gasteiger partial charge < -0.3 is 30.9 Å². The summed E-state index contributed by atoms with van der Waals surface area (Å²) in [5, 5.41) is 20.9. The van der Waals surface area contributed by atoms with Gasteiger partial charge in [0.1, 0.15) is 5.60 Å². The van der Waals surface area contributed by atoms with Gasteiger partial charge in [-0.15, -0.1) is 11.3 Å². The van der Waals surface area contributed by atoms with Gasteiger partial charge in [-0.25, -0.2) is 0 Å². The maximum atomic E-state index is 12.3. The second-order valence-corrected chi connectivity index (χ2v) is 7.74. The van der Waals surface area contributed by atoms with Crippen LogP contribution in [0.2, 0.25) is 0 Å². The second-order valence-electron chi connectivity index (χ2n) is 6.69. The second kappa shape index (κ2) is 8.01. The molecular formula is C17H25N3O5S. The van der Waals surface area contributed by atoms with Crippen LogP contribution in [0.25, 0.3) is 0 Å². The molecule has 1 aromatic rings. The molecule has 3 heterocycles. The Balaban J connectivity index is 1.73. The number of carbonyl (C=O) groups is 2. The molecule has 9 heteroatoms. The third-order valence-electron chi connectivity index (χ3n) is 5.00. The van der Waals surface area contributed by atoms with E-state index in [-0.39, 0.29) is 24.9 Å². The smallest absolute Gasteiger partial charge is 0.261 e. The van der Waals surface area contributed by atoms with Crippen molar-refractivity contribution in [2.45, 2.75) is 31.0 Å². The Bertz CT molecular complexity index is 669. The lowest BCUT2D eigenvalue weighted by Crippen LogP contribution is -2.49. The number of amides is 2. The van der Waals surface area contributed by atoms with Gasteiger partial charge in [-0.05, 0) is 30.9 Å². The topological polar surface area (TPSA) is 125 Å². The molecule has 1 atom stereocenters. The lowest BCUT2D eigenvalue weighted by Gasteiger charge is -2.43. The zero-order valence-electron chi connectivity index (χ0n) is 14.6. The van der Waals surface area contributed by atoms with Crippen LogP contribution in [0.15, 0.2) is 6.07 Å². The molecule has 26 heavy (non-hydrogen) atoms. The Labute approximate surface area is 155 Å². The molecule has 3 rings (SSSR count). The van der Waals surface area contributed by atoms with Gasteiger partial charge in [0.05, 0.1) is 30.7 Å². The van der Waals surface area contributed by atoms with Gasteiger partial charge in [0, 0.05) is 24.5 Å². The number of fused-ring (bicyclic) bond motifs is 2. The molecule has 1 unspecified atom stereocenters. The summed E-state index contributed by atoms with van der Waals surface area (Å²) in [5.74, 6) is -0.313. The number of piperidine rings is 1. The standard InChI is InChI=1S/C17H25N3O5S/c18-8-14(23)20-4-2-17(3-5-20)15-11(1-6-25-17)7-13(26-15)16(24)19-9-12(22)10-21/h7,12,21-22H,1-6,8-10,18H2,(H,19,24).